The van der Waals surface area contributed by atoms with E-state index in [1.54, 1.807) is 31.3 Å². The molecule has 6 heteroatoms. The maximum absolute atomic E-state index is 13.7. The van der Waals surface area contributed by atoms with Gasteiger partial charge in [-0.3, -0.25) is 9.36 Å². The van der Waals surface area contributed by atoms with Crippen molar-refractivity contribution in [1.29, 1.82) is 0 Å². The molecule has 0 radical (unpaired) electrons. The molecular weight excluding hydrogens is 306 g/mol. The average molecular weight is 318 g/mol. The van der Waals surface area contributed by atoms with Crippen LogP contribution in [0.15, 0.2) is 52.4 Å². The predicted octanol–water partition coefficient (Wildman–Crippen LogP) is 3.50. The van der Waals surface area contributed by atoms with Crippen molar-refractivity contribution in [3.63, 3.8) is 0 Å². The molecule has 0 aliphatic rings. The Bertz CT molecular complexity index is 908. The lowest BCUT2D eigenvalue weighted by Crippen LogP contribution is -2.19. The first-order chi connectivity index (χ1) is 10.6. The Morgan fingerprint density at radius 1 is 1.14 bits per heavy atom. The molecule has 0 spiro atoms. The highest BCUT2D eigenvalue weighted by Crippen LogP contribution is 2.23. The van der Waals surface area contributed by atoms with Gasteiger partial charge in [0.2, 0.25) is 0 Å². The molecule has 1 aromatic heterocycles. The van der Waals surface area contributed by atoms with Crippen LogP contribution in [0.25, 0.3) is 10.9 Å². The van der Waals surface area contributed by atoms with Gasteiger partial charge in [0.25, 0.3) is 5.56 Å². The van der Waals surface area contributed by atoms with E-state index in [2.05, 4.69) is 4.98 Å². The lowest BCUT2D eigenvalue weighted by Gasteiger charge is -2.09. The minimum Gasteiger partial charge on any atom is -0.290 e. The van der Waals surface area contributed by atoms with Crippen molar-refractivity contribution in [1.82, 2.24) is 9.55 Å². The second-order valence-corrected chi connectivity index (χ2v) is 5.72. The number of aromatic nitrogens is 2. The van der Waals surface area contributed by atoms with Gasteiger partial charge in [-0.2, -0.15) is 0 Å². The first kappa shape index (κ1) is 14.7. The third-order valence-electron chi connectivity index (χ3n) is 3.33. The Hall–Kier alpha value is -2.21. The van der Waals surface area contributed by atoms with Gasteiger partial charge in [0.05, 0.1) is 10.9 Å². The van der Waals surface area contributed by atoms with Crippen molar-refractivity contribution in [2.75, 3.05) is 0 Å². The molecule has 0 aliphatic carbocycles. The number of fused-ring (bicyclic) bond motifs is 1. The van der Waals surface area contributed by atoms with Crippen LogP contribution in [-0.2, 0) is 12.8 Å². The van der Waals surface area contributed by atoms with E-state index >= 15 is 0 Å². The fourth-order valence-corrected chi connectivity index (χ4v) is 3.08. The fraction of sp³-hybridized carbons (Fsp3) is 0.125. The van der Waals surface area contributed by atoms with Gasteiger partial charge in [0, 0.05) is 18.4 Å². The van der Waals surface area contributed by atoms with Crippen LogP contribution in [0.1, 0.15) is 5.56 Å². The lowest BCUT2D eigenvalue weighted by atomic mass is 10.2. The van der Waals surface area contributed by atoms with Crippen molar-refractivity contribution >= 4 is 22.7 Å². The molecule has 3 rings (SSSR count). The number of nitrogens with zero attached hydrogens (tertiary/aromatic N) is 2. The van der Waals surface area contributed by atoms with Crippen LogP contribution in [-0.4, -0.2) is 9.55 Å². The van der Waals surface area contributed by atoms with Gasteiger partial charge in [-0.15, -0.1) is 0 Å². The minimum absolute atomic E-state index is 0.159. The summed E-state index contributed by atoms with van der Waals surface area (Å²) in [7, 11) is 1.62. The molecule has 0 aliphatic heterocycles. The number of benzene rings is 2. The molecule has 0 N–H and O–H groups in total. The summed E-state index contributed by atoms with van der Waals surface area (Å²) in [6.07, 6.45) is 0. The Labute approximate surface area is 129 Å². The first-order valence-corrected chi connectivity index (χ1v) is 7.58. The SMILES string of the molecule is Cn1c(SCc2cccc(F)c2F)nc2ccccc2c1=O. The van der Waals surface area contributed by atoms with Gasteiger partial charge in [-0.1, -0.05) is 36.0 Å². The van der Waals surface area contributed by atoms with Crippen molar-refractivity contribution in [3.8, 4) is 0 Å². The molecule has 0 fully saturated rings. The maximum atomic E-state index is 13.7. The van der Waals surface area contributed by atoms with Crippen LogP contribution in [0.3, 0.4) is 0 Å². The summed E-state index contributed by atoms with van der Waals surface area (Å²) in [5.41, 5.74) is 0.674. The summed E-state index contributed by atoms with van der Waals surface area (Å²) in [5.74, 6) is -1.54. The smallest absolute Gasteiger partial charge is 0.261 e. The Morgan fingerprint density at radius 3 is 2.73 bits per heavy atom. The lowest BCUT2D eigenvalue weighted by molar-refractivity contribution is 0.502. The molecule has 0 bridgehead atoms. The summed E-state index contributed by atoms with van der Waals surface area (Å²) in [6, 6.07) is 11.1. The number of thioether (sulfide) groups is 1. The normalized spacial score (nSPS) is 11.0. The van der Waals surface area contributed by atoms with E-state index < -0.39 is 11.6 Å². The zero-order chi connectivity index (χ0) is 15.7. The summed E-state index contributed by atoms with van der Waals surface area (Å²) in [5, 5.41) is 0.999. The van der Waals surface area contributed by atoms with Crippen molar-refractivity contribution < 1.29 is 8.78 Å². The van der Waals surface area contributed by atoms with Gasteiger partial charge < -0.3 is 0 Å². The molecule has 0 atom stereocenters. The molecule has 3 aromatic rings. The maximum Gasteiger partial charge on any atom is 0.261 e. The van der Waals surface area contributed by atoms with Crippen molar-refractivity contribution in [2.24, 2.45) is 7.05 Å². The molecule has 0 unspecified atom stereocenters. The average Bonchev–Trinajstić information content (AvgIpc) is 2.53. The third-order valence-corrected chi connectivity index (χ3v) is 4.41. The van der Waals surface area contributed by atoms with Crippen LogP contribution in [0, 0.1) is 11.6 Å². The quantitative estimate of drug-likeness (QED) is 0.547. The van der Waals surface area contributed by atoms with Gasteiger partial charge in [0.1, 0.15) is 0 Å². The molecule has 0 amide bonds. The second-order valence-electron chi connectivity index (χ2n) is 4.78. The highest BCUT2D eigenvalue weighted by Gasteiger charge is 2.11. The summed E-state index contributed by atoms with van der Waals surface area (Å²) in [6.45, 7) is 0. The number of hydrogen-bond donors (Lipinski definition) is 0. The first-order valence-electron chi connectivity index (χ1n) is 6.59. The summed E-state index contributed by atoms with van der Waals surface area (Å²) in [4.78, 5) is 16.7. The Morgan fingerprint density at radius 2 is 1.91 bits per heavy atom. The third kappa shape index (κ3) is 2.62. The van der Waals surface area contributed by atoms with E-state index in [-0.39, 0.29) is 16.9 Å². The van der Waals surface area contributed by atoms with E-state index in [9.17, 15) is 13.6 Å². The highest BCUT2D eigenvalue weighted by molar-refractivity contribution is 7.98. The van der Waals surface area contributed by atoms with E-state index in [0.717, 1.165) is 6.07 Å². The van der Waals surface area contributed by atoms with E-state index in [4.69, 9.17) is 0 Å². The van der Waals surface area contributed by atoms with Crippen LogP contribution < -0.4 is 5.56 Å². The standard InChI is InChI=1S/C16H12F2N2OS/c1-20-15(21)11-6-2-3-8-13(11)19-16(20)22-9-10-5-4-7-12(17)14(10)18/h2-8H,9H2,1H3. The molecule has 22 heavy (non-hydrogen) atoms. The molecule has 112 valence electrons. The highest BCUT2D eigenvalue weighted by atomic mass is 32.2. The summed E-state index contributed by atoms with van der Waals surface area (Å²) >= 11 is 1.20. The van der Waals surface area contributed by atoms with Crippen LogP contribution in [0.4, 0.5) is 8.78 Å². The number of rotatable bonds is 3. The zero-order valence-electron chi connectivity index (χ0n) is 11.7. The Balaban J connectivity index is 1.96. The van der Waals surface area contributed by atoms with E-state index in [1.807, 2.05) is 0 Å². The van der Waals surface area contributed by atoms with Crippen LogP contribution in [0.5, 0.6) is 0 Å². The number of hydrogen-bond acceptors (Lipinski definition) is 3. The predicted molar refractivity (Wildman–Crippen MR) is 82.9 cm³/mol. The topological polar surface area (TPSA) is 34.9 Å². The van der Waals surface area contributed by atoms with Gasteiger partial charge in [0.15, 0.2) is 16.8 Å². The monoisotopic (exact) mass is 318 g/mol. The molecular formula is C16H12F2N2OS. The fourth-order valence-electron chi connectivity index (χ4n) is 2.13. The van der Waals surface area contributed by atoms with Crippen molar-refractivity contribution in [2.45, 2.75) is 10.9 Å². The van der Waals surface area contributed by atoms with Gasteiger partial charge >= 0.3 is 0 Å². The minimum atomic E-state index is -0.876. The van der Waals surface area contributed by atoms with Crippen LogP contribution >= 0.6 is 11.8 Å². The van der Waals surface area contributed by atoms with Gasteiger partial charge in [-0.05, 0) is 18.2 Å². The van der Waals surface area contributed by atoms with Crippen molar-refractivity contribution in [3.05, 3.63) is 70.0 Å². The second kappa shape index (κ2) is 5.88. The van der Waals surface area contributed by atoms with E-state index in [0.29, 0.717) is 16.1 Å². The van der Waals surface area contributed by atoms with E-state index in [1.165, 1.54) is 28.5 Å². The molecule has 2 aromatic carbocycles. The largest absolute Gasteiger partial charge is 0.290 e. The van der Waals surface area contributed by atoms with Crippen LogP contribution in [0.2, 0.25) is 0 Å². The number of para-hydroxylation sites is 1. The van der Waals surface area contributed by atoms with Gasteiger partial charge in [-0.25, -0.2) is 13.8 Å². The summed E-state index contributed by atoms with van der Waals surface area (Å²) < 4.78 is 28.3. The number of halogens is 2. The molecule has 3 nitrogen and oxygen atoms in total. The zero-order valence-corrected chi connectivity index (χ0v) is 12.5. The molecule has 0 saturated carbocycles. The molecule has 1 heterocycles. The molecule has 0 saturated heterocycles. The Kier molecular flexibility index (Phi) is 3.94.